The lowest BCUT2D eigenvalue weighted by atomic mass is 10.1. The summed E-state index contributed by atoms with van der Waals surface area (Å²) in [7, 11) is 1.65. The number of morpholine rings is 1. The summed E-state index contributed by atoms with van der Waals surface area (Å²) in [6.45, 7) is 5.33. The number of carbonyl (C=O) groups excluding carboxylic acids is 2. The number of nitrogens with zero attached hydrogens (tertiary/aromatic N) is 4. The first-order chi connectivity index (χ1) is 17.6. The van der Waals surface area contributed by atoms with E-state index < -0.39 is 0 Å². The fourth-order valence-electron chi connectivity index (χ4n) is 4.88. The van der Waals surface area contributed by atoms with Gasteiger partial charge in [-0.1, -0.05) is 6.07 Å². The minimum absolute atomic E-state index is 0.0144. The largest absolute Gasteiger partial charge is 0.497 e. The van der Waals surface area contributed by atoms with E-state index in [1.807, 2.05) is 45.5 Å². The molecule has 2 amide bonds. The number of likely N-dealkylation sites (tertiary alicyclic amines) is 1. The summed E-state index contributed by atoms with van der Waals surface area (Å²) in [5.74, 6) is 1.88. The van der Waals surface area contributed by atoms with E-state index in [-0.39, 0.29) is 11.8 Å². The number of fused-ring (bicyclic) bond motifs is 1. The molecule has 2 fully saturated rings. The van der Waals surface area contributed by atoms with E-state index in [0.29, 0.717) is 39.3 Å². The first-order valence-corrected chi connectivity index (χ1v) is 13.4. The number of hydrogen-bond donors (Lipinski definition) is 0. The number of thiophene rings is 1. The molecular weight excluding hydrogens is 476 g/mol. The van der Waals surface area contributed by atoms with Gasteiger partial charge in [-0.25, -0.2) is 4.98 Å². The van der Waals surface area contributed by atoms with Gasteiger partial charge in [-0.2, -0.15) is 0 Å². The Bertz CT molecular complexity index is 1210. The van der Waals surface area contributed by atoms with Crippen molar-refractivity contribution in [1.82, 2.24) is 14.8 Å². The zero-order valence-corrected chi connectivity index (χ0v) is 21.5. The molecule has 2 aliphatic rings. The molecule has 4 heterocycles. The van der Waals surface area contributed by atoms with Gasteiger partial charge in [-0.3, -0.25) is 9.59 Å². The maximum absolute atomic E-state index is 13.5. The van der Waals surface area contributed by atoms with Crippen LogP contribution in [0.3, 0.4) is 0 Å². The smallest absolute Gasteiger partial charge is 0.264 e. The third-order valence-electron chi connectivity index (χ3n) is 6.80. The lowest BCUT2D eigenvalue weighted by Crippen LogP contribution is -2.39. The van der Waals surface area contributed by atoms with Crippen LogP contribution in [0.5, 0.6) is 5.75 Å². The number of carbonyl (C=O) groups is 2. The van der Waals surface area contributed by atoms with Gasteiger partial charge in [0.1, 0.15) is 11.6 Å². The van der Waals surface area contributed by atoms with Crippen molar-refractivity contribution in [2.24, 2.45) is 0 Å². The number of anilines is 1. The lowest BCUT2D eigenvalue weighted by molar-refractivity contribution is -0.127. The lowest BCUT2D eigenvalue weighted by Gasteiger charge is -2.31. The maximum Gasteiger partial charge on any atom is 0.264 e. The van der Waals surface area contributed by atoms with Crippen molar-refractivity contribution < 1.29 is 19.1 Å². The van der Waals surface area contributed by atoms with Crippen molar-refractivity contribution in [3.63, 3.8) is 0 Å². The van der Waals surface area contributed by atoms with E-state index in [2.05, 4.69) is 11.0 Å². The van der Waals surface area contributed by atoms with Crippen molar-refractivity contribution in [3.05, 3.63) is 52.2 Å². The third kappa shape index (κ3) is 5.47. The average molecular weight is 509 g/mol. The monoisotopic (exact) mass is 508 g/mol. The summed E-state index contributed by atoms with van der Waals surface area (Å²) in [6.07, 6.45) is 2.30. The molecule has 0 bridgehead atoms. The second-order valence-electron chi connectivity index (χ2n) is 9.17. The molecular formula is C27H32N4O4S. The number of aromatic nitrogens is 1. The zero-order valence-electron chi connectivity index (χ0n) is 20.6. The molecule has 2 aromatic heterocycles. The van der Waals surface area contributed by atoms with Crippen molar-refractivity contribution in [2.45, 2.75) is 25.8 Å². The average Bonchev–Trinajstić information content (AvgIpc) is 3.60. The van der Waals surface area contributed by atoms with Crippen LogP contribution < -0.4 is 9.64 Å². The summed E-state index contributed by atoms with van der Waals surface area (Å²) in [5.41, 5.74) is 1.87. The summed E-state index contributed by atoms with van der Waals surface area (Å²) >= 11 is 1.46. The zero-order chi connectivity index (χ0) is 24.9. The number of rotatable bonds is 9. The molecule has 9 heteroatoms. The molecule has 0 N–H and O–H groups in total. The molecule has 0 saturated carbocycles. The SMILES string of the molecule is COc1ccc2cc(CN(CCCN3CCCC3=O)C(=O)c3cccs3)c(N3CCOCC3)nc2c1. The first kappa shape index (κ1) is 24.5. The number of hydrogen-bond acceptors (Lipinski definition) is 7. The minimum atomic E-state index is 0.0144. The third-order valence-corrected chi connectivity index (χ3v) is 7.66. The molecule has 0 aliphatic carbocycles. The molecule has 8 nitrogen and oxygen atoms in total. The van der Waals surface area contributed by atoms with Crippen LogP contribution >= 0.6 is 11.3 Å². The predicted octanol–water partition coefficient (Wildman–Crippen LogP) is 3.80. The van der Waals surface area contributed by atoms with Gasteiger partial charge in [0.05, 0.1) is 30.7 Å². The van der Waals surface area contributed by atoms with Crippen LogP contribution in [-0.2, 0) is 16.1 Å². The minimum Gasteiger partial charge on any atom is -0.497 e. The van der Waals surface area contributed by atoms with E-state index in [4.69, 9.17) is 14.5 Å². The van der Waals surface area contributed by atoms with Crippen LogP contribution in [0, 0.1) is 0 Å². The summed E-state index contributed by atoms with van der Waals surface area (Å²) in [4.78, 5) is 37.4. The highest BCUT2D eigenvalue weighted by molar-refractivity contribution is 7.12. The highest BCUT2D eigenvalue weighted by Crippen LogP contribution is 2.29. The number of benzene rings is 1. The van der Waals surface area contributed by atoms with Crippen molar-refractivity contribution in [2.75, 3.05) is 57.9 Å². The predicted molar refractivity (Wildman–Crippen MR) is 141 cm³/mol. The molecule has 2 saturated heterocycles. The number of amides is 2. The molecule has 0 radical (unpaired) electrons. The summed E-state index contributed by atoms with van der Waals surface area (Å²) < 4.78 is 11.0. The molecule has 0 atom stereocenters. The number of methoxy groups -OCH3 is 1. The Morgan fingerprint density at radius 3 is 2.78 bits per heavy atom. The fourth-order valence-corrected chi connectivity index (χ4v) is 5.57. The Kier molecular flexibility index (Phi) is 7.67. The normalized spacial score (nSPS) is 16.1. The van der Waals surface area contributed by atoms with Crippen molar-refractivity contribution in [1.29, 1.82) is 0 Å². The van der Waals surface area contributed by atoms with Crippen molar-refractivity contribution in [3.8, 4) is 5.75 Å². The Balaban J connectivity index is 1.44. The van der Waals surface area contributed by atoms with Crippen LogP contribution in [0.4, 0.5) is 5.82 Å². The summed E-state index contributed by atoms with van der Waals surface area (Å²) in [5, 5.41) is 2.94. The fraction of sp³-hybridized carbons (Fsp3) is 0.444. The number of pyridine rings is 1. The van der Waals surface area contributed by atoms with E-state index in [1.54, 1.807) is 7.11 Å². The Labute approximate surface area is 215 Å². The van der Waals surface area contributed by atoms with Crippen molar-refractivity contribution >= 4 is 39.9 Å². The second kappa shape index (κ2) is 11.3. The highest BCUT2D eigenvalue weighted by atomic mass is 32.1. The van der Waals surface area contributed by atoms with E-state index in [0.717, 1.165) is 65.4 Å². The van der Waals surface area contributed by atoms with Crippen LogP contribution in [0.2, 0.25) is 0 Å². The van der Waals surface area contributed by atoms with Gasteiger partial charge >= 0.3 is 0 Å². The van der Waals surface area contributed by atoms with Crippen LogP contribution in [0.15, 0.2) is 41.8 Å². The van der Waals surface area contributed by atoms with Gasteiger partial charge < -0.3 is 24.2 Å². The quantitative estimate of drug-likeness (QED) is 0.438. The topological polar surface area (TPSA) is 75.2 Å². The second-order valence-corrected chi connectivity index (χ2v) is 10.1. The van der Waals surface area contributed by atoms with Gasteiger partial charge in [0, 0.05) is 62.7 Å². The molecule has 3 aromatic rings. The maximum atomic E-state index is 13.5. The van der Waals surface area contributed by atoms with Gasteiger partial charge in [-0.15, -0.1) is 11.3 Å². The molecule has 0 unspecified atom stereocenters. The van der Waals surface area contributed by atoms with Gasteiger partial charge in [0.25, 0.3) is 5.91 Å². The molecule has 2 aliphatic heterocycles. The Morgan fingerprint density at radius 2 is 2.06 bits per heavy atom. The molecule has 190 valence electrons. The van der Waals surface area contributed by atoms with E-state index in [9.17, 15) is 9.59 Å². The molecule has 0 spiro atoms. The Morgan fingerprint density at radius 1 is 1.19 bits per heavy atom. The van der Waals surface area contributed by atoms with Gasteiger partial charge in [0.2, 0.25) is 5.91 Å². The Hall–Kier alpha value is -3.17. The van der Waals surface area contributed by atoms with Crippen LogP contribution in [-0.4, -0.2) is 79.6 Å². The molecule has 36 heavy (non-hydrogen) atoms. The molecule has 1 aromatic carbocycles. The van der Waals surface area contributed by atoms with Crippen LogP contribution in [0.25, 0.3) is 10.9 Å². The number of ether oxygens (including phenoxy) is 2. The van der Waals surface area contributed by atoms with E-state index >= 15 is 0 Å². The molecule has 5 rings (SSSR count). The van der Waals surface area contributed by atoms with Gasteiger partial charge in [-0.05, 0) is 42.5 Å². The standard InChI is InChI=1S/C27H32N4O4S/c1-34-22-8-7-20-17-21(26(28-23(20)18-22)30-12-14-35-15-13-30)19-31(27(33)24-5-3-16-36-24)11-4-10-29-9-2-6-25(29)32/h3,5,7-8,16-18H,2,4,6,9-15,19H2,1H3. The van der Waals surface area contributed by atoms with E-state index in [1.165, 1.54) is 11.3 Å². The van der Waals surface area contributed by atoms with Crippen LogP contribution in [0.1, 0.15) is 34.5 Å². The van der Waals surface area contributed by atoms with Gasteiger partial charge in [0.15, 0.2) is 0 Å². The first-order valence-electron chi connectivity index (χ1n) is 12.5. The highest BCUT2D eigenvalue weighted by Gasteiger charge is 2.24. The summed E-state index contributed by atoms with van der Waals surface area (Å²) in [6, 6.07) is 11.8.